The molecule has 0 saturated carbocycles. The Kier molecular flexibility index (Phi) is 4.20. The van der Waals surface area contributed by atoms with Gasteiger partial charge in [-0.3, -0.25) is 4.90 Å². The van der Waals surface area contributed by atoms with Gasteiger partial charge in [0.25, 0.3) is 0 Å². The summed E-state index contributed by atoms with van der Waals surface area (Å²) in [5.74, 6) is 5.28. The van der Waals surface area contributed by atoms with Crippen molar-refractivity contribution in [1.29, 1.82) is 0 Å². The molecule has 19 heavy (non-hydrogen) atoms. The molecule has 0 spiro atoms. The minimum absolute atomic E-state index is 0.236. The van der Waals surface area contributed by atoms with E-state index < -0.39 is 5.97 Å². The number of carboxylic acids is 1. The van der Waals surface area contributed by atoms with Gasteiger partial charge in [-0.1, -0.05) is 30.0 Å². The summed E-state index contributed by atoms with van der Waals surface area (Å²) in [7, 11) is 0. The summed E-state index contributed by atoms with van der Waals surface area (Å²) in [6.07, 6.45) is 0. The second-order valence-electron chi connectivity index (χ2n) is 4.95. The Morgan fingerprint density at radius 2 is 2.11 bits per heavy atom. The third-order valence-corrected chi connectivity index (χ3v) is 2.97. The van der Waals surface area contributed by atoms with Gasteiger partial charge in [-0.25, -0.2) is 4.79 Å². The lowest BCUT2D eigenvalue weighted by Crippen LogP contribution is -2.61. The number of likely N-dealkylation sites (tertiary alicyclic amines) is 1. The second-order valence-corrected chi connectivity index (χ2v) is 4.95. The van der Waals surface area contributed by atoms with Crippen LogP contribution in [0, 0.1) is 11.8 Å². The Morgan fingerprint density at radius 3 is 2.74 bits per heavy atom. The predicted octanol–water partition coefficient (Wildman–Crippen LogP) is 1.21. The number of ether oxygens (including phenoxy) is 1. The summed E-state index contributed by atoms with van der Waals surface area (Å²) in [4.78, 5) is 12.6. The van der Waals surface area contributed by atoms with Gasteiger partial charge < -0.3 is 9.84 Å². The van der Waals surface area contributed by atoms with Crippen molar-refractivity contribution in [3.05, 3.63) is 35.9 Å². The molecular weight excluding hydrogens is 242 g/mol. The van der Waals surface area contributed by atoms with E-state index in [0.29, 0.717) is 6.54 Å². The molecule has 1 aliphatic rings. The monoisotopic (exact) mass is 259 g/mol. The van der Waals surface area contributed by atoms with Crippen molar-refractivity contribution in [2.45, 2.75) is 12.5 Å². The smallest absolute Gasteiger partial charge is 0.329 e. The first-order valence-corrected chi connectivity index (χ1v) is 6.19. The summed E-state index contributed by atoms with van der Waals surface area (Å²) < 4.78 is 5.33. The summed E-state index contributed by atoms with van der Waals surface area (Å²) in [6, 6.07) is 9.84. The molecule has 2 rings (SSSR count). The summed E-state index contributed by atoms with van der Waals surface area (Å²) in [5, 5.41) is 8.57. The number of hydrogen-bond acceptors (Lipinski definition) is 3. The fraction of sp³-hybridized carbons (Fsp3) is 0.400. The molecular formula is C15H17NO3. The highest BCUT2D eigenvalue weighted by Crippen LogP contribution is 2.23. The van der Waals surface area contributed by atoms with Gasteiger partial charge in [0.15, 0.2) is 0 Å². The third kappa shape index (κ3) is 4.09. The Hall–Kier alpha value is -1.83. The highest BCUT2D eigenvalue weighted by Gasteiger charge is 2.39. The number of hydrogen-bond donors (Lipinski definition) is 1. The zero-order valence-electron chi connectivity index (χ0n) is 10.9. The normalized spacial score (nSPS) is 17.1. The molecule has 100 valence electrons. The molecule has 1 aromatic rings. The average molecular weight is 259 g/mol. The van der Waals surface area contributed by atoms with E-state index in [1.54, 1.807) is 0 Å². The number of nitrogens with zero attached hydrogens (tertiary/aromatic N) is 1. The van der Waals surface area contributed by atoms with Crippen molar-refractivity contribution in [3.63, 3.8) is 0 Å². The lowest BCUT2D eigenvalue weighted by molar-refractivity contribution is -0.163. The number of benzene rings is 1. The first kappa shape index (κ1) is 13.6. The molecule has 1 N–H and O–H groups in total. The Bertz CT molecular complexity index is 495. The van der Waals surface area contributed by atoms with Crippen LogP contribution in [0.3, 0.4) is 0 Å². The van der Waals surface area contributed by atoms with E-state index in [0.717, 1.165) is 18.7 Å². The summed E-state index contributed by atoms with van der Waals surface area (Å²) in [5.41, 5.74) is 0.667. The van der Waals surface area contributed by atoms with E-state index in [1.807, 2.05) is 37.3 Å². The maximum absolute atomic E-state index is 10.4. The van der Waals surface area contributed by atoms with Crippen LogP contribution in [0.25, 0.3) is 0 Å². The van der Waals surface area contributed by atoms with Crippen molar-refractivity contribution >= 4 is 5.97 Å². The number of aliphatic carboxylic acids is 1. The van der Waals surface area contributed by atoms with Crippen LogP contribution in [0.1, 0.15) is 12.5 Å². The molecule has 1 heterocycles. The van der Waals surface area contributed by atoms with Crippen LogP contribution in [-0.2, 0) is 9.53 Å². The molecule has 0 aromatic heterocycles. The number of carbonyl (C=O) groups is 1. The van der Waals surface area contributed by atoms with Crippen molar-refractivity contribution in [2.24, 2.45) is 0 Å². The number of rotatable bonds is 4. The maximum atomic E-state index is 10.4. The van der Waals surface area contributed by atoms with E-state index in [1.165, 1.54) is 0 Å². The largest absolute Gasteiger partial charge is 0.480 e. The van der Waals surface area contributed by atoms with E-state index in [-0.39, 0.29) is 12.2 Å². The molecule has 4 heteroatoms. The van der Waals surface area contributed by atoms with Crippen LogP contribution >= 0.6 is 0 Å². The van der Waals surface area contributed by atoms with Crippen molar-refractivity contribution in [3.8, 4) is 11.8 Å². The quantitative estimate of drug-likeness (QED) is 0.826. The molecule has 0 atom stereocenters. The third-order valence-electron chi connectivity index (χ3n) is 2.97. The standard InChI is InChI=1S/C15H17NO3/c1-15(19-10-14(17)18)11-16(12-15)9-5-8-13-6-3-2-4-7-13/h2-4,6-7H,9-12H2,1H3,(H,17,18). The lowest BCUT2D eigenvalue weighted by atomic mass is 9.96. The van der Waals surface area contributed by atoms with E-state index >= 15 is 0 Å². The Morgan fingerprint density at radius 1 is 1.42 bits per heavy atom. The minimum atomic E-state index is -0.927. The van der Waals surface area contributed by atoms with Crippen molar-refractivity contribution in [1.82, 2.24) is 4.90 Å². The van der Waals surface area contributed by atoms with Gasteiger partial charge in [0.1, 0.15) is 6.61 Å². The maximum Gasteiger partial charge on any atom is 0.329 e. The van der Waals surface area contributed by atoms with E-state index in [4.69, 9.17) is 9.84 Å². The molecule has 4 nitrogen and oxygen atoms in total. The molecule has 1 saturated heterocycles. The molecule has 1 aliphatic heterocycles. The van der Waals surface area contributed by atoms with Crippen LogP contribution in [-0.4, -0.2) is 47.8 Å². The summed E-state index contributed by atoms with van der Waals surface area (Å²) in [6.45, 7) is 3.82. The highest BCUT2D eigenvalue weighted by molar-refractivity contribution is 5.68. The van der Waals surface area contributed by atoms with Crippen LogP contribution < -0.4 is 0 Å². The van der Waals surface area contributed by atoms with Gasteiger partial charge in [-0.05, 0) is 19.1 Å². The lowest BCUT2D eigenvalue weighted by Gasteiger charge is -2.46. The van der Waals surface area contributed by atoms with Crippen molar-refractivity contribution < 1.29 is 14.6 Å². The van der Waals surface area contributed by atoms with Crippen LogP contribution in [0.2, 0.25) is 0 Å². The van der Waals surface area contributed by atoms with Gasteiger partial charge in [-0.15, -0.1) is 0 Å². The van der Waals surface area contributed by atoms with Gasteiger partial charge in [0, 0.05) is 18.7 Å². The molecule has 1 aromatic carbocycles. The van der Waals surface area contributed by atoms with Crippen molar-refractivity contribution in [2.75, 3.05) is 26.2 Å². The zero-order valence-corrected chi connectivity index (χ0v) is 10.9. The fourth-order valence-electron chi connectivity index (χ4n) is 2.11. The van der Waals surface area contributed by atoms with Gasteiger partial charge >= 0.3 is 5.97 Å². The first-order chi connectivity index (χ1) is 9.07. The van der Waals surface area contributed by atoms with Crippen LogP contribution in [0.4, 0.5) is 0 Å². The molecule has 0 radical (unpaired) electrons. The zero-order chi connectivity index (χ0) is 13.7. The van der Waals surface area contributed by atoms with E-state index in [9.17, 15) is 4.79 Å². The van der Waals surface area contributed by atoms with Crippen LogP contribution in [0.15, 0.2) is 30.3 Å². The minimum Gasteiger partial charge on any atom is -0.480 e. The molecule has 0 aliphatic carbocycles. The summed E-state index contributed by atoms with van der Waals surface area (Å²) >= 11 is 0. The Balaban J connectivity index is 1.73. The molecule has 0 bridgehead atoms. The SMILES string of the molecule is CC1(OCC(=O)O)CN(CC#Cc2ccccc2)C1. The molecule has 0 amide bonds. The molecule has 0 unspecified atom stereocenters. The highest BCUT2D eigenvalue weighted by atomic mass is 16.5. The first-order valence-electron chi connectivity index (χ1n) is 6.19. The van der Waals surface area contributed by atoms with Gasteiger partial charge in [-0.2, -0.15) is 0 Å². The van der Waals surface area contributed by atoms with Crippen LogP contribution in [0.5, 0.6) is 0 Å². The predicted molar refractivity (Wildman–Crippen MR) is 71.8 cm³/mol. The second kappa shape index (κ2) is 5.87. The topological polar surface area (TPSA) is 49.8 Å². The van der Waals surface area contributed by atoms with E-state index in [2.05, 4.69) is 16.7 Å². The Labute approximate surface area is 113 Å². The number of carboxylic acid groups (broad SMARTS) is 1. The van der Waals surface area contributed by atoms with Gasteiger partial charge in [0.2, 0.25) is 0 Å². The fourth-order valence-corrected chi connectivity index (χ4v) is 2.11. The molecule has 1 fully saturated rings. The average Bonchev–Trinajstić information content (AvgIpc) is 2.35. The van der Waals surface area contributed by atoms with Gasteiger partial charge in [0.05, 0.1) is 12.1 Å².